The maximum absolute atomic E-state index is 12.2. The third kappa shape index (κ3) is 3.76. The van der Waals surface area contributed by atoms with Gasteiger partial charge in [0, 0.05) is 11.3 Å². The van der Waals surface area contributed by atoms with E-state index in [4.69, 9.17) is 0 Å². The Morgan fingerprint density at radius 3 is 2.52 bits per heavy atom. The average Bonchev–Trinajstić information content (AvgIpc) is 3.21. The quantitative estimate of drug-likeness (QED) is 0.867. The lowest BCUT2D eigenvalue weighted by atomic mass is 10.2. The smallest absolute Gasteiger partial charge is 0.239 e. The average molecular weight is 334 g/mol. The number of hydrogen-bond acceptors (Lipinski definition) is 5. The van der Waals surface area contributed by atoms with Crippen molar-refractivity contribution < 1.29 is 13.2 Å². The zero-order valence-corrected chi connectivity index (χ0v) is 13.3. The normalized spacial score (nSPS) is 15.7. The molecule has 1 aromatic heterocycles. The van der Waals surface area contributed by atoms with Crippen LogP contribution >= 0.6 is 0 Å². The van der Waals surface area contributed by atoms with Crippen molar-refractivity contribution in [1.82, 2.24) is 15.2 Å². The Balaban J connectivity index is 1.61. The first kappa shape index (κ1) is 15.7. The van der Waals surface area contributed by atoms with E-state index in [9.17, 15) is 13.2 Å². The van der Waals surface area contributed by atoms with Gasteiger partial charge in [0.2, 0.25) is 5.91 Å². The zero-order chi connectivity index (χ0) is 16.3. The van der Waals surface area contributed by atoms with E-state index in [0.717, 1.165) is 18.4 Å². The van der Waals surface area contributed by atoms with E-state index in [1.54, 1.807) is 24.3 Å². The van der Waals surface area contributed by atoms with Crippen molar-refractivity contribution in [3.63, 3.8) is 0 Å². The lowest BCUT2D eigenvalue weighted by molar-refractivity contribution is -0.113. The number of hydrogen-bond donors (Lipinski definition) is 2. The van der Waals surface area contributed by atoms with Gasteiger partial charge in [0.1, 0.15) is 12.1 Å². The molecule has 0 unspecified atom stereocenters. The molecule has 1 amide bonds. The number of carbonyl (C=O) groups is 1. The van der Waals surface area contributed by atoms with Crippen molar-refractivity contribution >= 4 is 21.4 Å². The van der Waals surface area contributed by atoms with Crippen LogP contribution in [-0.2, 0) is 14.6 Å². The molecule has 0 bridgehead atoms. The second-order valence-corrected chi connectivity index (χ2v) is 7.95. The van der Waals surface area contributed by atoms with Crippen LogP contribution < -0.4 is 5.32 Å². The van der Waals surface area contributed by atoms with E-state index < -0.39 is 21.5 Å². The highest BCUT2D eigenvalue weighted by atomic mass is 32.2. The van der Waals surface area contributed by atoms with Gasteiger partial charge in [-0.2, -0.15) is 5.10 Å². The second kappa shape index (κ2) is 6.49. The summed E-state index contributed by atoms with van der Waals surface area (Å²) in [4.78, 5) is 16.0. The van der Waals surface area contributed by atoms with Gasteiger partial charge in [0.15, 0.2) is 15.7 Å². The first-order valence-corrected chi connectivity index (χ1v) is 9.23. The lowest BCUT2D eigenvalue weighted by Crippen LogP contribution is -2.29. The summed E-state index contributed by atoms with van der Waals surface area (Å²) in [6, 6.07) is 6.97. The summed E-state index contributed by atoms with van der Waals surface area (Å²) >= 11 is 0. The zero-order valence-electron chi connectivity index (χ0n) is 12.5. The molecule has 0 radical (unpaired) electrons. The van der Waals surface area contributed by atoms with Crippen molar-refractivity contribution in [3.05, 3.63) is 30.6 Å². The molecule has 1 aliphatic rings. The number of anilines is 1. The number of sulfone groups is 1. The number of carbonyl (C=O) groups excluding carboxylic acids is 1. The summed E-state index contributed by atoms with van der Waals surface area (Å²) in [5.41, 5.74) is 1.39. The number of aromatic amines is 1. The number of nitrogens with one attached hydrogen (secondary N) is 2. The van der Waals surface area contributed by atoms with E-state index in [1.165, 1.54) is 6.33 Å². The molecule has 23 heavy (non-hydrogen) atoms. The summed E-state index contributed by atoms with van der Waals surface area (Å²) in [6.45, 7) is 0. The predicted octanol–water partition coefficient (Wildman–Crippen LogP) is 1.77. The van der Waals surface area contributed by atoms with E-state index in [0.29, 0.717) is 24.4 Å². The second-order valence-electron chi connectivity index (χ2n) is 5.67. The molecule has 0 atom stereocenters. The fourth-order valence-corrected chi connectivity index (χ4v) is 4.53. The van der Waals surface area contributed by atoms with Gasteiger partial charge in [0.25, 0.3) is 0 Å². The summed E-state index contributed by atoms with van der Waals surface area (Å²) < 4.78 is 24.3. The van der Waals surface area contributed by atoms with E-state index in [2.05, 4.69) is 20.5 Å². The molecule has 3 rings (SSSR count). The number of rotatable bonds is 5. The molecular formula is C15H18N4O3S. The van der Waals surface area contributed by atoms with Gasteiger partial charge in [-0.1, -0.05) is 12.8 Å². The molecule has 122 valence electrons. The molecule has 2 N–H and O–H groups in total. The van der Waals surface area contributed by atoms with E-state index >= 15 is 0 Å². The molecule has 8 heteroatoms. The van der Waals surface area contributed by atoms with Crippen LogP contribution in [-0.4, -0.2) is 40.5 Å². The topological polar surface area (TPSA) is 105 Å². The van der Waals surface area contributed by atoms with Crippen molar-refractivity contribution in [2.45, 2.75) is 30.9 Å². The maximum Gasteiger partial charge on any atom is 0.239 e. The van der Waals surface area contributed by atoms with Crippen LogP contribution in [0, 0.1) is 0 Å². The summed E-state index contributed by atoms with van der Waals surface area (Å²) in [6.07, 6.45) is 4.60. The standard InChI is InChI=1S/C15H18N4O3S/c20-14(9-23(21,22)13-3-1-2-4-13)18-12-7-5-11(6-8-12)15-16-10-17-19-15/h5-8,10,13H,1-4,9H2,(H,18,20)(H,16,17,19). The summed E-state index contributed by atoms with van der Waals surface area (Å²) in [7, 11) is -3.36. The molecule has 1 fully saturated rings. The monoisotopic (exact) mass is 334 g/mol. The molecule has 0 spiro atoms. The molecular weight excluding hydrogens is 316 g/mol. The molecule has 1 heterocycles. The van der Waals surface area contributed by atoms with Gasteiger partial charge < -0.3 is 5.32 Å². The molecule has 2 aromatic rings. The Labute approximate surface area is 134 Å². The van der Waals surface area contributed by atoms with Gasteiger partial charge in [-0.25, -0.2) is 13.4 Å². The third-order valence-corrected chi connectivity index (χ3v) is 6.15. The highest BCUT2D eigenvalue weighted by molar-refractivity contribution is 7.92. The molecule has 0 aliphatic heterocycles. The Morgan fingerprint density at radius 2 is 1.91 bits per heavy atom. The summed E-state index contributed by atoms with van der Waals surface area (Å²) in [5.74, 6) is -0.322. The number of aromatic nitrogens is 3. The van der Waals surface area contributed by atoms with Gasteiger partial charge in [-0.3, -0.25) is 9.89 Å². The van der Waals surface area contributed by atoms with Crippen LogP contribution in [0.3, 0.4) is 0 Å². The van der Waals surface area contributed by atoms with Crippen LogP contribution in [0.25, 0.3) is 11.4 Å². The number of amides is 1. The van der Waals surface area contributed by atoms with Crippen molar-refractivity contribution in [1.29, 1.82) is 0 Å². The number of benzene rings is 1. The maximum atomic E-state index is 12.2. The van der Waals surface area contributed by atoms with Gasteiger partial charge in [0.05, 0.1) is 5.25 Å². The van der Waals surface area contributed by atoms with Crippen molar-refractivity contribution in [2.75, 3.05) is 11.1 Å². The molecule has 1 aliphatic carbocycles. The van der Waals surface area contributed by atoms with Gasteiger partial charge in [-0.05, 0) is 37.1 Å². The Morgan fingerprint density at radius 1 is 1.22 bits per heavy atom. The fourth-order valence-electron chi connectivity index (χ4n) is 2.80. The van der Waals surface area contributed by atoms with Gasteiger partial charge >= 0.3 is 0 Å². The van der Waals surface area contributed by atoms with E-state index in [1.807, 2.05) is 0 Å². The van der Waals surface area contributed by atoms with Crippen LogP contribution in [0.15, 0.2) is 30.6 Å². The summed E-state index contributed by atoms with van der Waals surface area (Å²) in [5, 5.41) is 8.79. The first-order chi connectivity index (χ1) is 11.0. The molecule has 1 saturated carbocycles. The van der Waals surface area contributed by atoms with Crippen LogP contribution in [0.5, 0.6) is 0 Å². The lowest BCUT2D eigenvalue weighted by Gasteiger charge is -2.11. The minimum atomic E-state index is -3.36. The number of H-pyrrole nitrogens is 1. The Hall–Kier alpha value is -2.22. The largest absolute Gasteiger partial charge is 0.325 e. The van der Waals surface area contributed by atoms with Crippen LogP contribution in [0.2, 0.25) is 0 Å². The predicted molar refractivity (Wildman–Crippen MR) is 86.5 cm³/mol. The number of nitrogens with zero attached hydrogens (tertiary/aromatic N) is 2. The van der Waals surface area contributed by atoms with Crippen molar-refractivity contribution in [3.8, 4) is 11.4 Å². The van der Waals surface area contributed by atoms with Crippen LogP contribution in [0.4, 0.5) is 5.69 Å². The highest BCUT2D eigenvalue weighted by Crippen LogP contribution is 2.25. The molecule has 1 aromatic carbocycles. The van der Waals surface area contributed by atoms with Gasteiger partial charge in [-0.15, -0.1) is 0 Å². The van der Waals surface area contributed by atoms with Crippen molar-refractivity contribution in [2.24, 2.45) is 0 Å². The first-order valence-electron chi connectivity index (χ1n) is 7.52. The van der Waals surface area contributed by atoms with Crippen LogP contribution in [0.1, 0.15) is 25.7 Å². The minimum absolute atomic E-state index is 0.359. The Bertz CT molecular complexity index is 764. The SMILES string of the molecule is O=C(CS(=O)(=O)C1CCCC1)Nc1ccc(-c2ncn[nH]2)cc1. The minimum Gasteiger partial charge on any atom is -0.325 e. The Kier molecular flexibility index (Phi) is 4.42. The molecule has 7 nitrogen and oxygen atoms in total. The third-order valence-electron chi connectivity index (χ3n) is 4.00. The molecule has 0 saturated heterocycles. The fraction of sp³-hybridized carbons (Fsp3) is 0.400. The highest BCUT2D eigenvalue weighted by Gasteiger charge is 2.30. The van der Waals surface area contributed by atoms with E-state index in [-0.39, 0.29) is 5.25 Å².